The summed E-state index contributed by atoms with van der Waals surface area (Å²) in [5.41, 5.74) is 2.01. The van der Waals surface area contributed by atoms with Crippen LogP contribution in [0.5, 0.6) is 0 Å². The van der Waals surface area contributed by atoms with E-state index in [9.17, 15) is 4.79 Å². The van der Waals surface area contributed by atoms with Gasteiger partial charge in [-0.05, 0) is 32.0 Å². The second-order valence-electron chi connectivity index (χ2n) is 4.46. The number of fused-ring (bicyclic) bond motifs is 2. The fourth-order valence-electron chi connectivity index (χ4n) is 2.70. The molecule has 0 saturated carbocycles. The summed E-state index contributed by atoms with van der Waals surface area (Å²) >= 11 is 0. The van der Waals surface area contributed by atoms with Crippen molar-refractivity contribution in [2.45, 2.75) is 18.4 Å². The summed E-state index contributed by atoms with van der Waals surface area (Å²) in [5, 5.41) is 9.29. The summed E-state index contributed by atoms with van der Waals surface area (Å²) in [6, 6.07) is 7.98. The molecule has 16 heavy (non-hydrogen) atoms. The second kappa shape index (κ2) is 3.49. The van der Waals surface area contributed by atoms with E-state index in [1.165, 1.54) is 5.56 Å². The maximum Gasteiger partial charge on any atom is 0.319 e. The fourth-order valence-corrected chi connectivity index (χ4v) is 2.70. The quantitative estimate of drug-likeness (QED) is 0.615. The first-order chi connectivity index (χ1) is 7.80. The highest BCUT2D eigenvalue weighted by molar-refractivity contribution is 5.93. The lowest BCUT2D eigenvalue weighted by Gasteiger charge is -2.42. The van der Waals surface area contributed by atoms with Crippen LogP contribution >= 0.6 is 0 Å². The van der Waals surface area contributed by atoms with Crippen molar-refractivity contribution in [1.82, 2.24) is 10.6 Å². The van der Waals surface area contributed by atoms with E-state index in [1.807, 2.05) is 18.2 Å². The summed E-state index contributed by atoms with van der Waals surface area (Å²) in [4.78, 5) is 11.7. The van der Waals surface area contributed by atoms with Crippen molar-refractivity contribution in [2.75, 3.05) is 18.4 Å². The molecule has 2 aliphatic rings. The molecule has 3 N–H and O–H groups in total. The van der Waals surface area contributed by atoms with Crippen molar-refractivity contribution >= 4 is 11.7 Å². The van der Waals surface area contributed by atoms with E-state index >= 15 is 0 Å². The van der Waals surface area contributed by atoms with E-state index in [-0.39, 0.29) is 11.6 Å². The maximum absolute atomic E-state index is 11.7. The number of anilines is 1. The Kier molecular flexibility index (Phi) is 2.11. The SMILES string of the molecule is O=C1Nc2ccccc2C2(CCNCC2)N1. The summed E-state index contributed by atoms with van der Waals surface area (Å²) < 4.78 is 0. The van der Waals surface area contributed by atoms with Gasteiger partial charge in [-0.2, -0.15) is 0 Å². The van der Waals surface area contributed by atoms with Gasteiger partial charge in [0.2, 0.25) is 0 Å². The lowest BCUT2D eigenvalue weighted by molar-refractivity contribution is 0.214. The van der Waals surface area contributed by atoms with Crippen molar-refractivity contribution in [1.29, 1.82) is 0 Å². The molecule has 0 radical (unpaired) electrons. The van der Waals surface area contributed by atoms with E-state index in [1.54, 1.807) is 0 Å². The number of nitrogens with one attached hydrogen (secondary N) is 3. The standard InChI is InChI=1S/C12H15N3O/c16-11-14-10-4-2-1-3-9(10)12(15-11)5-7-13-8-6-12/h1-4,13H,5-8H2,(H2,14,15,16). The Morgan fingerprint density at radius 2 is 1.88 bits per heavy atom. The molecule has 0 bridgehead atoms. The number of urea groups is 1. The molecule has 3 rings (SSSR count). The van der Waals surface area contributed by atoms with Crippen molar-refractivity contribution in [2.24, 2.45) is 0 Å². The molecule has 1 spiro atoms. The van der Waals surface area contributed by atoms with Crippen molar-refractivity contribution in [3.8, 4) is 0 Å². The molecule has 1 aromatic rings. The van der Waals surface area contributed by atoms with Crippen molar-refractivity contribution in [3.63, 3.8) is 0 Å². The van der Waals surface area contributed by atoms with Gasteiger partial charge in [-0.3, -0.25) is 0 Å². The minimum atomic E-state index is -0.163. The topological polar surface area (TPSA) is 53.2 Å². The maximum atomic E-state index is 11.7. The Morgan fingerprint density at radius 1 is 1.12 bits per heavy atom. The third-order valence-electron chi connectivity index (χ3n) is 3.50. The lowest BCUT2D eigenvalue weighted by atomic mass is 9.79. The summed E-state index contributed by atoms with van der Waals surface area (Å²) in [5.74, 6) is 0. The van der Waals surface area contributed by atoms with Gasteiger partial charge in [0, 0.05) is 11.3 Å². The van der Waals surface area contributed by atoms with Gasteiger partial charge in [0.15, 0.2) is 0 Å². The third-order valence-corrected chi connectivity index (χ3v) is 3.50. The molecule has 0 aromatic heterocycles. The summed E-state index contributed by atoms with van der Waals surface area (Å²) in [6.07, 6.45) is 1.91. The summed E-state index contributed by atoms with van der Waals surface area (Å²) in [7, 11) is 0. The molecule has 4 nitrogen and oxygen atoms in total. The first kappa shape index (κ1) is 9.66. The zero-order valence-corrected chi connectivity index (χ0v) is 9.05. The number of hydrogen-bond donors (Lipinski definition) is 3. The molecular formula is C12H15N3O. The minimum absolute atomic E-state index is 0.0828. The molecular weight excluding hydrogens is 202 g/mol. The fraction of sp³-hybridized carbons (Fsp3) is 0.417. The average Bonchev–Trinajstić information content (AvgIpc) is 2.30. The zero-order chi connectivity index (χ0) is 11.0. The number of carbonyl (C=O) groups is 1. The van der Waals surface area contributed by atoms with Gasteiger partial charge >= 0.3 is 6.03 Å². The van der Waals surface area contributed by atoms with Crippen LogP contribution in [0.1, 0.15) is 18.4 Å². The number of rotatable bonds is 0. The van der Waals surface area contributed by atoms with Gasteiger partial charge < -0.3 is 16.0 Å². The Hall–Kier alpha value is -1.55. The molecule has 1 aromatic carbocycles. The van der Waals surface area contributed by atoms with Crippen LogP contribution in [-0.4, -0.2) is 19.1 Å². The van der Waals surface area contributed by atoms with Crippen molar-refractivity contribution in [3.05, 3.63) is 29.8 Å². The van der Waals surface area contributed by atoms with Crippen molar-refractivity contribution < 1.29 is 4.79 Å². The minimum Gasteiger partial charge on any atom is -0.328 e. The van der Waals surface area contributed by atoms with Crippen LogP contribution in [0, 0.1) is 0 Å². The number of carbonyl (C=O) groups excluding carboxylic acids is 1. The number of para-hydroxylation sites is 1. The van der Waals surface area contributed by atoms with Gasteiger partial charge in [-0.1, -0.05) is 18.2 Å². The predicted molar refractivity (Wildman–Crippen MR) is 62.4 cm³/mol. The van der Waals surface area contributed by atoms with Crippen LogP contribution in [0.3, 0.4) is 0 Å². The molecule has 0 aliphatic carbocycles. The van der Waals surface area contributed by atoms with Gasteiger partial charge in [-0.25, -0.2) is 4.79 Å². The van der Waals surface area contributed by atoms with Crippen LogP contribution in [0.25, 0.3) is 0 Å². The van der Waals surface area contributed by atoms with E-state index in [0.29, 0.717) is 0 Å². The molecule has 4 heteroatoms. The molecule has 2 amide bonds. The first-order valence-corrected chi connectivity index (χ1v) is 5.70. The number of piperidine rings is 1. The number of benzene rings is 1. The Balaban J connectivity index is 2.08. The highest BCUT2D eigenvalue weighted by Gasteiger charge is 2.39. The Bertz CT molecular complexity index is 424. The molecule has 0 unspecified atom stereocenters. The Morgan fingerprint density at radius 3 is 2.69 bits per heavy atom. The molecule has 1 fully saturated rings. The van der Waals surface area contributed by atoms with E-state index < -0.39 is 0 Å². The average molecular weight is 217 g/mol. The van der Waals surface area contributed by atoms with E-state index in [4.69, 9.17) is 0 Å². The van der Waals surface area contributed by atoms with E-state index in [2.05, 4.69) is 22.0 Å². The first-order valence-electron chi connectivity index (χ1n) is 5.70. The van der Waals surface area contributed by atoms with E-state index in [0.717, 1.165) is 31.6 Å². The Labute approximate surface area is 94.4 Å². The van der Waals surface area contributed by atoms with Gasteiger partial charge in [-0.15, -0.1) is 0 Å². The smallest absolute Gasteiger partial charge is 0.319 e. The monoisotopic (exact) mass is 217 g/mol. The van der Waals surface area contributed by atoms with Crippen LogP contribution in [0.2, 0.25) is 0 Å². The molecule has 0 atom stereocenters. The zero-order valence-electron chi connectivity index (χ0n) is 9.05. The molecule has 84 valence electrons. The van der Waals surface area contributed by atoms with Gasteiger partial charge in [0.25, 0.3) is 0 Å². The second-order valence-corrected chi connectivity index (χ2v) is 4.46. The highest BCUT2D eigenvalue weighted by atomic mass is 16.2. The van der Waals surface area contributed by atoms with Crippen LogP contribution in [-0.2, 0) is 5.54 Å². The molecule has 1 saturated heterocycles. The number of hydrogen-bond acceptors (Lipinski definition) is 2. The third kappa shape index (κ3) is 1.38. The van der Waals surface area contributed by atoms with Gasteiger partial charge in [0.05, 0.1) is 5.54 Å². The van der Waals surface area contributed by atoms with Gasteiger partial charge in [0.1, 0.15) is 0 Å². The largest absolute Gasteiger partial charge is 0.328 e. The van der Waals surface area contributed by atoms with Crippen LogP contribution in [0.15, 0.2) is 24.3 Å². The molecule has 2 aliphatic heterocycles. The predicted octanol–water partition coefficient (Wildman–Crippen LogP) is 1.40. The summed E-state index contributed by atoms with van der Waals surface area (Å²) in [6.45, 7) is 1.91. The normalized spacial score (nSPS) is 22.1. The van der Waals surface area contributed by atoms with Crippen LogP contribution in [0.4, 0.5) is 10.5 Å². The number of amides is 2. The molecule has 2 heterocycles. The lowest BCUT2D eigenvalue weighted by Crippen LogP contribution is -2.56. The highest BCUT2D eigenvalue weighted by Crippen LogP contribution is 2.37. The van der Waals surface area contributed by atoms with Crippen LogP contribution < -0.4 is 16.0 Å².